The van der Waals surface area contributed by atoms with Crippen LogP contribution in [0.1, 0.15) is 45.1 Å². The van der Waals surface area contributed by atoms with E-state index in [1.165, 1.54) is 25.9 Å². The summed E-state index contributed by atoms with van der Waals surface area (Å²) in [4.78, 5) is 11.1. The second-order valence-corrected chi connectivity index (χ2v) is 5.52. The molecule has 1 aliphatic rings. The maximum Gasteiger partial charge on any atom is 0.222 e. The Morgan fingerprint density at radius 2 is 2.05 bits per heavy atom. The normalized spacial score (nSPS) is 15.8. The van der Waals surface area contributed by atoms with Gasteiger partial charge in [-0.2, -0.15) is 0 Å². The van der Waals surface area contributed by atoms with Crippen LogP contribution in [0.2, 0.25) is 0 Å². The first-order valence-electron chi connectivity index (χ1n) is 7.66. The van der Waals surface area contributed by atoms with Gasteiger partial charge in [0.1, 0.15) is 18.8 Å². The zero-order valence-electron chi connectivity index (χ0n) is 12.9. The zero-order valence-corrected chi connectivity index (χ0v) is 12.9. The van der Waals surface area contributed by atoms with Crippen molar-refractivity contribution < 1.29 is 4.74 Å². The van der Waals surface area contributed by atoms with Crippen LogP contribution in [0.25, 0.3) is 0 Å². The number of anilines is 1. The molecule has 1 N–H and O–H groups in total. The van der Waals surface area contributed by atoms with Crippen molar-refractivity contribution in [1.29, 1.82) is 0 Å². The third kappa shape index (κ3) is 3.82. The maximum atomic E-state index is 5.91. The summed E-state index contributed by atoms with van der Waals surface area (Å²) in [6.45, 7) is 11.3. The van der Waals surface area contributed by atoms with Crippen molar-refractivity contribution in [3.63, 3.8) is 0 Å². The Morgan fingerprint density at radius 3 is 2.70 bits per heavy atom. The van der Waals surface area contributed by atoms with Crippen molar-refractivity contribution in [2.24, 2.45) is 0 Å². The van der Waals surface area contributed by atoms with Gasteiger partial charge in [-0.15, -0.1) is 0 Å². The first-order valence-corrected chi connectivity index (χ1v) is 7.66. The molecule has 1 fully saturated rings. The van der Waals surface area contributed by atoms with Gasteiger partial charge in [0, 0.05) is 13.1 Å². The van der Waals surface area contributed by atoms with Gasteiger partial charge in [-0.3, -0.25) is 4.90 Å². The Bertz CT molecular complexity index is 416. The van der Waals surface area contributed by atoms with Crippen LogP contribution >= 0.6 is 0 Å². The predicted octanol–water partition coefficient (Wildman–Crippen LogP) is 2.51. The molecular formula is C15H26N4O. The molecular weight excluding hydrogens is 252 g/mol. The summed E-state index contributed by atoms with van der Waals surface area (Å²) in [5.74, 6) is 1.96. The average Bonchev–Trinajstić information content (AvgIpc) is 2.92. The van der Waals surface area contributed by atoms with Gasteiger partial charge in [0.25, 0.3) is 0 Å². The Kier molecular flexibility index (Phi) is 5.59. The Morgan fingerprint density at radius 1 is 1.30 bits per heavy atom. The molecule has 2 rings (SSSR count). The van der Waals surface area contributed by atoms with Crippen molar-refractivity contribution in [2.75, 3.05) is 38.1 Å². The van der Waals surface area contributed by atoms with Gasteiger partial charge in [-0.1, -0.05) is 13.8 Å². The Balaban J connectivity index is 1.99. The van der Waals surface area contributed by atoms with E-state index in [0.29, 0.717) is 12.5 Å². The van der Waals surface area contributed by atoms with Gasteiger partial charge in [0.15, 0.2) is 0 Å². The van der Waals surface area contributed by atoms with Crippen LogP contribution in [-0.2, 0) is 0 Å². The molecule has 1 aromatic heterocycles. The minimum atomic E-state index is 0.340. The van der Waals surface area contributed by atoms with Crippen LogP contribution in [-0.4, -0.2) is 47.7 Å². The molecule has 0 spiro atoms. The van der Waals surface area contributed by atoms with Crippen LogP contribution in [0.4, 0.5) is 5.82 Å². The fourth-order valence-corrected chi connectivity index (χ4v) is 2.60. The monoisotopic (exact) mass is 278 g/mol. The second kappa shape index (κ2) is 7.43. The molecule has 1 aromatic rings. The molecule has 0 aliphatic carbocycles. The number of rotatable bonds is 7. The van der Waals surface area contributed by atoms with Crippen LogP contribution in [0.15, 0.2) is 6.33 Å². The van der Waals surface area contributed by atoms with Crippen molar-refractivity contribution in [3.05, 3.63) is 11.9 Å². The summed E-state index contributed by atoms with van der Waals surface area (Å²) in [5, 5.41) is 3.29. The molecule has 0 atom stereocenters. The Hall–Kier alpha value is -1.36. The molecule has 112 valence electrons. The molecule has 1 aliphatic heterocycles. The van der Waals surface area contributed by atoms with Crippen molar-refractivity contribution in [3.8, 4) is 5.88 Å². The SMILES string of the molecule is CCNc1ncnc(OCCN2CCCC2)c1C(C)C. The number of aromatic nitrogens is 2. The van der Waals surface area contributed by atoms with Gasteiger partial charge >= 0.3 is 0 Å². The number of hydrogen-bond acceptors (Lipinski definition) is 5. The number of ether oxygens (including phenoxy) is 1. The lowest BCUT2D eigenvalue weighted by molar-refractivity contribution is 0.229. The Labute approximate surface area is 121 Å². The first-order chi connectivity index (χ1) is 9.72. The molecule has 2 heterocycles. The molecule has 0 unspecified atom stereocenters. The first kappa shape index (κ1) is 15.0. The lowest BCUT2D eigenvalue weighted by atomic mass is 10.1. The molecule has 0 aromatic carbocycles. The molecule has 0 saturated carbocycles. The van der Waals surface area contributed by atoms with Gasteiger partial charge in [0.2, 0.25) is 5.88 Å². The maximum absolute atomic E-state index is 5.91. The van der Waals surface area contributed by atoms with Crippen LogP contribution in [0, 0.1) is 0 Å². The summed E-state index contributed by atoms with van der Waals surface area (Å²) >= 11 is 0. The molecule has 5 nitrogen and oxygen atoms in total. The third-order valence-corrected chi connectivity index (χ3v) is 3.61. The lowest BCUT2D eigenvalue weighted by Crippen LogP contribution is -2.25. The van der Waals surface area contributed by atoms with Crippen LogP contribution in [0.3, 0.4) is 0 Å². The minimum absolute atomic E-state index is 0.340. The number of likely N-dealkylation sites (tertiary alicyclic amines) is 1. The highest BCUT2D eigenvalue weighted by molar-refractivity contribution is 5.50. The number of nitrogens with one attached hydrogen (secondary N) is 1. The third-order valence-electron chi connectivity index (χ3n) is 3.61. The highest BCUT2D eigenvalue weighted by Crippen LogP contribution is 2.29. The molecule has 0 radical (unpaired) electrons. The molecule has 0 bridgehead atoms. The standard InChI is InChI=1S/C15H26N4O/c1-4-16-14-13(12(2)3)15(18-11-17-14)20-10-9-19-7-5-6-8-19/h11-12H,4-10H2,1-3H3,(H,16,17,18). The van der Waals surface area contributed by atoms with E-state index in [2.05, 4.69) is 41.0 Å². The number of hydrogen-bond donors (Lipinski definition) is 1. The highest BCUT2D eigenvalue weighted by Gasteiger charge is 2.17. The van der Waals surface area contributed by atoms with E-state index < -0.39 is 0 Å². The largest absolute Gasteiger partial charge is 0.476 e. The van der Waals surface area contributed by atoms with E-state index in [0.717, 1.165) is 30.4 Å². The lowest BCUT2D eigenvalue weighted by Gasteiger charge is -2.18. The summed E-state index contributed by atoms with van der Waals surface area (Å²) in [6.07, 6.45) is 4.21. The van der Waals surface area contributed by atoms with Gasteiger partial charge in [0.05, 0.1) is 5.56 Å². The van der Waals surface area contributed by atoms with E-state index in [-0.39, 0.29) is 0 Å². The summed E-state index contributed by atoms with van der Waals surface area (Å²) in [6, 6.07) is 0. The predicted molar refractivity (Wildman–Crippen MR) is 81.5 cm³/mol. The fraction of sp³-hybridized carbons (Fsp3) is 0.733. The van der Waals surface area contributed by atoms with Crippen molar-refractivity contribution in [2.45, 2.75) is 39.5 Å². The summed E-state index contributed by atoms with van der Waals surface area (Å²) in [5.41, 5.74) is 1.08. The molecule has 20 heavy (non-hydrogen) atoms. The zero-order chi connectivity index (χ0) is 14.4. The van der Waals surface area contributed by atoms with Gasteiger partial charge in [-0.05, 0) is 38.8 Å². The quantitative estimate of drug-likeness (QED) is 0.830. The second-order valence-electron chi connectivity index (χ2n) is 5.52. The molecule has 0 amide bonds. The molecule has 1 saturated heterocycles. The van der Waals surface area contributed by atoms with E-state index >= 15 is 0 Å². The smallest absolute Gasteiger partial charge is 0.222 e. The van der Waals surface area contributed by atoms with Crippen LogP contribution < -0.4 is 10.1 Å². The van der Waals surface area contributed by atoms with Crippen LogP contribution in [0.5, 0.6) is 5.88 Å². The van der Waals surface area contributed by atoms with Gasteiger partial charge in [-0.25, -0.2) is 9.97 Å². The fourth-order valence-electron chi connectivity index (χ4n) is 2.60. The van der Waals surface area contributed by atoms with E-state index in [1.807, 2.05) is 0 Å². The van der Waals surface area contributed by atoms with E-state index in [9.17, 15) is 0 Å². The average molecular weight is 278 g/mol. The van der Waals surface area contributed by atoms with Crippen molar-refractivity contribution in [1.82, 2.24) is 14.9 Å². The van der Waals surface area contributed by atoms with Crippen molar-refractivity contribution >= 4 is 5.82 Å². The summed E-state index contributed by atoms with van der Waals surface area (Å²) < 4.78 is 5.91. The van der Waals surface area contributed by atoms with Gasteiger partial charge < -0.3 is 10.1 Å². The topological polar surface area (TPSA) is 50.3 Å². The van der Waals surface area contributed by atoms with E-state index in [4.69, 9.17) is 4.74 Å². The summed E-state index contributed by atoms with van der Waals surface area (Å²) in [7, 11) is 0. The minimum Gasteiger partial charge on any atom is -0.476 e. The van der Waals surface area contributed by atoms with E-state index in [1.54, 1.807) is 6.33 Å². The highest BCUT2D eigenvalue weighted by atomic mass is 16.5. The molecule has 5 heteroatoms. The number of nitrogens with zero attached hydrogens (tertiary/aromatic N) is 3.